The fourth-order valence-electron chi connectivity index (χ4n) is 3.47. The molecule has 2 bridgehead atoms. The summed E-state index contributed by atoms with van der Waals surface area (Å²) in [4.78, 5) is 22.1. The molecule has 2 unspecified atom stereocenters. The van der Waals surface area contributed by atoms with E-state index in [0.717, 1.165) is 6.54 Å². The van der Waals surface area contributed by atoms with Gasteiger partial charge in [-0.3, -0.25) is 14.9 Å². The zero-order valence-corrected chi connectivity index (χ0v) is 12.6. The number of amides is 1. The smallest absolute Gasteiger partial charge is 0.269 e. The van der Waals surface area contributed by atoms with Gasteiger partial charge in [-0.25, -0.2) is 10.0 Å². The number of rotatable bonds is 5. The molecule has 1 aromatic rings. The van der Waals surface area contributed by atoms with Crippen molar-refractivity contribution >= 4 is 11.6 Å². The Hall–Kier alpha value is -1.99. The molecular weight excluding hydrogens is 284 g/mol. The summed E-state index contributed by atoms with van der Waals surface area (Å²) in [6.07, 6.45) is 3.74. The Morgan fingerprint density at radius 1 is 1.32 bits per heavy atom. The number of hydrogen-bond acceptors (Lipinski definition) is 5. The van der Waals surface area contributed by atoms with Gasteiger partial charge in [-0.05, 0) is 31.4 Å². The van der Waals surface area contributed by atoms with Crippen LogP contribution in [0.2, 0.25) is 0 Å². The minimum Gasteiger partial charge on any atom is -0.351 e. The highest BCUT2D eigenvalue weighted by Crippen LogP contribution is 2.35. The van der Waals surface area contributed by atoms with Gasteiger partial charge in [0.05, 0.1) is 4.92 Å². The number of carbonyl (C=O) groups is 1. The van der Waals surface area contributed by atoms with Crippen molar-refractivity contribution in [3.05, 3.63) is 39.9 Å². The summed E-state index contributed by atoms with van der Waals surface area (Å²) in [7, 11) is 2.11. The summed E-state index contributed by atoms with van der Waals surface area (Å²) in [5, 5.41) is 18.1. The molecule has 1 saturated carbocycles. The Labute approximate surface area is 129 Å². The fourth-order valence-corrected chi connectivity index (χ4v) is 3.47. The van der Waals surface area contributed by atoms with E-state index in [1.165, 1.54) is 43.5 Å². The lowest BCUT2D eigenvalue weighted by Crippen LogP contribution is -2.47. The summed E-state index contributed by atoms with van der Waals surface area (Å²) in [6.45, 7) is 1.37. The molecule has 1 aliphatic carbocycles. The summed E-state index contributed by atoms with van der Waals surface area (Å²) in [5.74, 6) is -0.193. The Balaban J connectivity index is 1.49. The van der Waals surface area contributed by atoms with E-state index in [1.54, 1.807) is 0 Å². The molecule has 7 heteroatoms. The highest BCUT2D eigenvalue weighted by Gasteiger charge is 2.41. The van der Waals surface area contributed by atoms with Crippen LogP contribution in [0.15, 0.2) is 24.3 Å². The summed E-state index contributed by atoms with van der Waals surface area (Å²) >= 11 is 0. The molecule has 1 N–H and O–H groups in total. The summed E-state index contributed by atoms with van der Waals surface area (Å²) in [6, 6.07) is 6.95. The molecular formula is C15H20N4O3. The maximum absolute atomic E-state index is 12.0. The Kier molecular flexibility index (Phi) is 4.08. The maximum atomic E-state index is 12.0. The van der Waals surface area contributed by atoms with Crippen molar-refractivity contribution < 1.29 is 9.72 Å². The monoisotopic (exact) mass is 304 g/mol. The number of nitro groups is 1. The van der Waals surface area contributed by atoms with Gasteiger partial charge in [-0.2, -0.15) is 0 Å². The van der Waals surface area contributed by atoms with Crippen molar-refractivity contribution in [3.63, 3.8) is 0 Å². The van der Waals surface area contributed by atoms with Crippen LogP contribution in [0.25, 0.3) is 0 Å². The lowest BCUT2D eigenvalue weighted by Gasteiger charge is -2.35. The van der Waals surface area contributed by atoms with E-state index in [0.29, 0.717) is 24.2 Å². The van der Waals surface area contributed by atoms with E-state index in [1.807, 2.05) is 0 Å². The van der Waals surface area contributed by atoms with Crippen LogP contribution in [0.5, 0.6) is 0 Å². The predicted molar refractivity (Wildman–Crippen MR) is 81.3 cm³/mol. The van der Waals surface area contributed by atoms with Gasteiger partial charge in [0.1, 0.15) is 0 Å². The first-order valence-electron chi connectivity index (χ1n) is 7.58. The van der Waals surface area contributed by atoms with Crippen molar-refractivity contribution in [2.45, 2.75) is 31.3 Å². The number of non-ortho nitro benzene ring substituents is 1. The van der Waals surface area contributed by atoms with E-state index < -0.39 is 4.92 Å². The number of benzene rings is 1. The van der Waals surface area contributed by atoms with Gasteiger partial charge in [-0.1, -0.05) is 0 Å². The van der Waals surface area contributed by atoms with Crippen LogP contribution in [-0.2, 0) is 0 Å². The molecule has 3 rings (SSSR count). The largest absolute Gasteiger partial charge is 0.351 e. The van der Waals surface area contributed by atoms with Crippen LogP contribution in [0.3, 0.4) is 0 Å². The molecule has 0 spiro atoms. The summed E-state index contributed by atoms with van der Waals surface area (Å²) in [5.41, 5.74) is 0.438. The first-order chi connectivity index (χ1) is 10.6. The third-order valence-corrected chi connectivity index (χ3v) is 4.70. The van der Waals surface area contributed by atoms with E-state index in [-0.39, 0.29) is 11.6 Å². The highest BCUT2D eigenvalue weighted by molar-refractivity contribution is 5.94. The van der Waals surface area contributed by atoms with Gasteiger partial charge in [-0.15, -0.1) is 0 Å². The Morgan fingerprint density at radius 3 is 2.59 bits per heavy atom. The molecule has 0 aromatic heterocycles. The van der Waals surface area contributed by atoms with Crippen LogP contribution in [0, 0.1) is 10.1 Å². The third-order valence-electron chi connectivity index (χ3n) is 4.70. The summed E-state index contributed by atoms with van der Waals surface area (Å²) < 4.78 is 0. The topological polar surface area (TPSA) is 78.7 Å². The van der Waals surface area contributed by atoms with E-state index in [2.05, 4.69) is 22.4 Å². The van der Waals surface area contributed by atoms with Crippen molar-refractivity contribution in [1.82, 2.24) is 15.3 Å². The van der Waals surface area contributed by atoms with Crippen molar-refractivity contribution in [3.8, 4) is 0 Å². The molecule has 2 aliphatic rings. The SMILES string of the molecule is CN1C2CCC(C2)N1CCNC(=O)c1ccc([N+](=O)[O-])cc1. The molecule has 7 nitrogen and oxygen atoms in total. The van der Waals surface area contributed by atoms with Crippen LogP contribution in [0.1, 0.15) is 29.6 Å². The second kappa shape index (κ2) is 6.02. The molecule has 2 fully saturated rings. The first kappa shape index (κ1) is 14.9. The molecule has 1 amide bonds. The lowest BCUT2D eigenvalue weighted by atomic mass is 10.2. The quantitative estimate of drug-likeness (QED) is 0.657. The van der Waals surface area contributed by atoms with E-state index >= 15 is 0 Å². The van der Waals surface area contributed by atoms with Crippen molar-refractivity contribution in [2.24, 2.45) is 0 Å². The van der Waals surface area contributed by atoms with Gasteiger partial charge in [0, 0.05) is 49.9 Å². The van der Waals surface area contributed by atoms with Crippen LogP contribution in [0.4, 0.5) is 5.69 Å². The number of hydrazine groups is 1. The van der Waals surface area contributed by atoms with E-state index in [9.17, 15) is 14.9 Å². The fraction of sp³-hybridized carbons (Fsp3) is 0.533. The second-order valence-electron chi connectivity index (χ2n) is 5.92. The molecule has 0 radical (unpaired) electrons. The number of nitro benzene ring substituents is 1. The van der Waals surface area contributed by atoms with Gasteiger partial charge < -0.3 is 5.32 Å². The van der Waals surface area contributed by atoms with Crippen LogP contribution in [-0.4, -0.2) is 53.1 Å². The number of nitrogens with one attached hydrogen (secondary N) is 1. The normalized spacial score (nSPS) is 24.6. The van der Waals surface area contributed by atoms with Crippen LogP contribution >= 0.6 is 0 Å². The van der Waals surface area contributed by atoms with Gasteiger partial charge >= 0.3 is 0 Å². The Bertz CT molecular complexity index is 573. The molecule has 2 atom stereocenters. The van der Waals surface area contributed by atoms with Gasteiger partial charge in [0.2, 0.25) is 0 Å². The molecule has 22 heavy (non-hydrogen) atoms. The standard InChI is InChI=1S/C15H20N4O3/c1-17-13-6-7-14(10-13)18(17)9-8-16-15(20)11-2-4-12(5-3-11)19(21)22/h2-5,13-14H,6-10H2,1H3,(H,16,20). The van der Waals surface area contributed by atoms with Crippen LogP contribution < -0.4 is 5.32 Å². The van der Waals surface area contributed by atoms with Gasteiger partial charge in [0.15, 0.2) is 0 Å². The van der Waals surface area contributed by atoms with Crippen molar-refractivity contribution in [2.75, 3.05) is 20.1 Å². The molecule has 118 valence electrons. The number of carbonyl (C=O) groups excluding carboxylic acids is 1. The average molecular weight is 304 g/mol. The average Bonchev–Trinajstić information content (AvgIpc) is 3.10. The van der Waals surface area contributed by atoms with Crippen molar-refractivity contribution in [1.29, 1.82) is 0 Å². The molecule has 1 aliphatic heterocycles. The number of fused-ring (bicyclic) bond motifs is 2. The minimum absolute atomic E-state index is 0.00809. The first-order valence-corrected chi connectivity index (χ1v) is 7.58. The minimum atomic E-state index is -0.472. The number of hydrogen-bond donors (Lipinski definition) is 1. The maximum Gasteiger partial charge on any atom is 0.269 e. The molecule has 1 aromatic carbocycles. The zero-order valence-electron chi connectivity index (χ0n) is 12.6. The highest BCUT2D eigenvalue weighted by atomic mass is 16.6. The number of nitrogens with zero attached hydrogens (tertiary/aromatic N) is 3. The zero-order chi connectivity index (χ0) is 15.7. The lowest BCUT2D eigenvalue weighted by molar-refractivity contribution is -0.384. The second-order valence-corrected chi connectivity index (χ2v) is 5.92. The molecule has 1 heterocycles. The Morgan fingerprint density at radius 2 is 2.00 bits per heavy atom. The third kappa shape index (κ3) is 2.82. The predicted octanol–water partition coefficient (Wildman–Crippen LogP) is 1.41. The van der Waals surface area contributed by atoms with E-state index in [4.69, 9.17) is 0 Å². The molecule has 1 saturated heterocycles. The van der Waals surface area contributed by atoms with Gasteiger partial charge in [0.25, 0.3) is 11.6 Å².